The van der Waals surface area contributed by atoms with Gasteiger partial charge in [-0.25, -0.2) is 0 Å². The second-order valence-electron chi connectivity index (χ2n) is 8.03. The summed E-state index contributed by atoms with van der Waals surface area (Å²) in [5, 5.41) is 0. The Morgan fingerprint density at radius 3 is 2.17 bits per heavy atom. The summed E-state index contributed by atoms with van der Waals surface area (Å²) in [5.41, 5.74) is 4.65. The Balaban J connectivity index is 1.50. The normalized spacial score (nSPS) is 10.8. The molecule has 0 atom stereocenters. The van der Waals surface area contributed by atoms with Gasteiger partial charge in [0.25, 0.3) is 0 Å². The zero-order chi connectivity index (χ0) is 24.5. The highest BCUT2D eigenvalue weighted by Crippen LogP contribution is 2.26. The predicted molar refractivity (Wildman–Crippen MR) is 139 cm³/mol. The third kappa shape index (κ3) is 6.18. The average molecular weight is 465 g/mol. The van der Waals surface area contributed by atoms with Gasteiger partial charge in [-0.3, -0.25) is 4.79 Å². The summed E-state index contributed by atoms with van der Waals surface area (Å²) < 4.78 is 17.1. The second kappa shape index (κ2) is 11.7. The van der Waals surface area contributed by atoms with Gasteiger partial charge in [0, 0.05) is 12.0 Å². The van der Waals surface area contributed by atoms with Crippen LogP contribution in [0, 0.1) is 0 Å². The number of methoxy groups -OCH3 is 2. The zero-order valence-electron chi connectivity index (χ0n) is 19.9. The molecule has 0 N–H and O–H groups in total. The van der Waals surface area contributed by atoms with Crippen molar-refractivity contribution < 1.29 is 19.0 Å². The molecule has 4 nitrogen and oxygen atoms in total. The topological polar surface area (TPSA) is 44.8 Å². The van der Waals surface area contributed by atoms with Gasteiger partial charge < -0.3 is 14.2 Å². The van der Waals surface area contributed by atoms with E-state index in [-0.39, 0.29) is 5.78 Å². The highest BCUT2D eigenvalue weighted by atomic mass is 16.5. The summed E-state index contributed by atoms with van der Waals surface area (Å²) >= 11 is 0. The molecular formula is C31H28O4. The van der Waals surface area contributed by atoms with Crippen LogP contribution in [0.15, 0.2) is 103 Å². The summed E-state index contributed by atoms with van der Waals surface area (Å²) in [5.74, 6) is 2.01. The van der Waals surface area contributed by atoms with Crippen LogP contribution in [0.3, 0.4) is 0 Å². The maximum absolute atomic E-state index is 12.7. The van der Waals surface area contributed by atoms with E-state index in [1.54, 1.807) is 38.5 Å². The fraction of sp³-hybridized carbons (Fsp3) is 0.129. The molecule has 4 aromatic carbocycles. The number of hydrogen-bond donors (Lipinski definition) is 0. The van der Waals surface area contributed by atoms with Crippen molar-refractivity contribution in [2.45, 2.75) is 13.0 Å². The van der Waals surface area contributed by atoms with E-state index >= 15 is 0 Å². The molecule has 0 radical (unpaired) electrons. The highest BCUT2D eigenvalue weighted by molar-refractivity contribution is 6.08. The number of allylic oxidation sites excluding steroid dienone is 1. The van der Waals surface area contributed by atoms with Crippen LogP contribution >= 0.6 is 0 Å². The van der Waals surface area contributed by atoms with E-state index < -0.39 is 0 Å². The number of hydrogen-bond acceptors (Lipinski definition) is 4. The lowest BCUT2D eigenvalue weighted by Crippen LogP contribution is -2.02. The fourth-order valence-electron chi connectivity index (χ4n) is 3.89. The van der Waals surface area contributed by atoms with Crippen LogP contribution in [0.5, 0.6) is 17.2 Å². The minimum absolute atomic E-state index is 0.120. The van der Waals surface area contributed by atoms with Crippen molar-refractivity contribution in [1.29, 1.82) is 0 Å². The number of para-hydroxylation sites is 2. The Labute approximate surface area is 206 Å². The molecule has 35 heavy (non-hydrogen) atoms. The quantitative estimate of drug-likeness (QED) is 0.192. The number of rotatable bonds is 10. The van der Waals surface area contributed by atoms with Gasteiger partial charge in [-0.15, -0.1) is 0 Å². The number of carbonyl (C=O) groups excluding carboxylic acids is 1. The molecule has 4 aromatic rings. The van der Waals surface area contributed by atoms with Gasteiger partial charge in [-0.2, -0.15) is 0 Å². The van der Waals surface area contributed by atoms with Crippen LogP contribution < -0.4 is 14.2 Å². The first kappa shape index (κ1) is 23.8. The van der Waals surface area contributed by atoms with E-state index in [1.165, 1.54) is 5.56 Å². The van der Waals surface area contributed by atoms with Crippen molar-refractivity contribution in [3.05, 3.63) is 131 Å². The van der Waals surface area contributed by atoms with Crippen LogP contribution in [-0.2, 0) is 13.0 Å². The summed E-state index contributed by atoms with van der Waals surface area (Å²) in [7, 11) is 3.20. The molecule has 0 aliphatic heterocycles. The van der Waals surface area contributed by atoms with E-state index in [4.69, 9.17) is 14.2 Å². The lowest BCUT2D eigenvalue weighted by atomic mass is 10.0. The molecule has 176 valence electrons. The van der Waals surface area contributed by atoms with Gasteiger partial charge in [0.05, 0.1) is 19.8 Å². The Bertz CT molecular complexity index is 1310. The molecule has 0 aliphatic carbocycles. The summed E-state index contributed by atoms with van der Waals surface area (Å²) in [6.07, 6.45) is 4.14. The zero-order valence-corrected chi connectivity index (χ0v) is 19.9. The second-order valence-corrected chi connectivity index (χ2v) is 8.03. The van der Waals surface area contributed by atoms with Gasteiger partial charge >= 0.3 is 0 Å². The number of ketones is 1. The first-order valence-corrected chi connectivity index (χ1v) is 11.4. The van der Waals surface area contributed by atoms with E-state index in [9.17, 15) is 4.79 Å². The Morgan fingerprint density at radius 1 is 0.714 bits per heavy atom. The molecule has 0 unspecified atom stereocenters. The molecule has 0 bridgehead atoms. The predicted octanol–water partition coefficient (Wildman–Crippen LogP) is 6.77. The molecule has 4 heteroatoms. The third-order valence-corrected chi connectivity index (χ3v) is 5.70. The standard InChI is InChI=1S/C31H28O4/c1-33-29-19-17-24(16-18-28(32)27-13-7-9-15-31(27)34-2)21-26(29)22-35-30-14-8-6-12-25(30)20-23-10-4-3-5-11-23/h3-19,21H,20,22H2,1-2H3/b18-16+. The Morgan fingerprint density at radius 2 is 1.40 bits per heavy atom. The van der Waals surface area contributed by atoms with Crippen molar-refractivity contribution >= 4 is 11.9 Å². The van der Waals surface area contributed by atoms with Crippen molar-refractivity contribution in [3.8, 4) is 17.2 Å². The molecule has 0 amide bonds. The summed E-state index contributed by atoms with van der Waals surface area (Å²) in [6, 6.07) is 31.4. The van der Waals surface area contributed by atoms with E-state index in [2.05, 4.69) is 18.2 Å². The van der Waals surface area contributed by atoms with Crippen molar-refractivity contribution in [2.75, 3.05) is 14.2 Å². The SMILES string of the molecule is COc1ccc(/C=C/C(=O)c2ccccc2OC)cc1COc1ccccc1Cc1ccccc1. The Hall–Kier alpha value is -4.31. The monoisotopic (exact) mass is 464 g/mol. The van der Waals surface area contributed by atoms with Crippen LogP contribution in [0.2, 0.25) is 0 Å². The highest BCUT2D eigenvalue weighted by Gasteiger charge is 2.10. The lowest BCUT2D eigenvalue weighted by Gasteiger charge is -2.14. The molecule has 0 heterocycles. The number of carbonyl (C=O) groups is 1. The smallest absolute Gasteiger partial charge is 0.189 e. The van der Waals surface area contributed by atoms with E-state index in [0.29, 0.717) is 17.9 Å². The Kier molecular flexibility index (Phi) is 7.97. The van der Waals surface area contributed by atoms with Gasteiger partial charge in [0.2, 0.25) is 0 Å². The van der Waals surface area contributed by atoms with E-state index in [0.717, 1.165) is 34.6 Å². The third-order valence-electron chi connectivity index (χ3n) is 5.70. The van der Waals surface area contributed by atoms with Crippen LogP contribution in [0.25, 0.3) is 6.08 Å². The van der Waals surface area contributed by atoms with Gasteiger partial charge in [0.15, 0.2) is 5.78 Å². The van der Waals surface area contributed by atoms with E-state index in [1.807, 2.05) is 66.7 Å². The fourth-order valence-corrected chi connectivity index (χ4v) is 3.89. The first-order valence-electron chi connectivity index (χ1n) is 11.4. The molecule has 4 rings (SSSR count). The maximum atomic E-state index is 12.7. The first-order chi connectivity index (χ1) is 17.2. The average Bonchev–Trinajstić information content (AvgIpc) is 2.91. The van der Waals surface area contributed by atoms with Gasteiger partial charge in [0.1, 0.15) is 23.9 Å². The minimum atomic E-state index is -0.120. The van der Waals surface area contributed by atoms with Crippen LogP contribution in [0.1, 0.15) is 32.6 Å². The molecule has 0 fully saturated rings. The molecular weight excluding hydrogens is 436 g/mol. The van der Waals surface area contributed by atoms with Crippen molar-refractivity contribution in [1.82, 2.24) is 0 Å². The van der Waals surface area contributed by atoms with Crippen molar-refractivity contribution in [2.24, 2.45) is 0 Å². The molecule has 0 saturated carbocycles. The lowest BCUT2D eigenvalue weighted by molar-refractivity contribution is 0.104. The maximum Gasteiger partial charge on any atom is 0.189 e. The van der Waals surface area contributed by atoms with Crippen LogP contribution in [0.4, 0.5) is 0 Å². The van der Waals surface area contributed by atoms with Crippen molar-refractivity contribution in [3.63, 3.8) is 0 Å². The minimum Gasteiger partial charge on any atom is -0.496 e. The summed E-state index contributed by atoms with van der Waals surface area (Å²) in [6.45, 7) is 0.344. The molecule has 0 spiro atoms. The largest absolute Gasteiger partial charge is 0.496 e. The van der Waals surface area contributed by atoms with Gasteiger partial charge in [-0.1, -0.05) is 72.8 Å². The number of ether oxygens (including phenoxy) is 3. The van der Waals surface area contributed by atoms with Gasteiger partial charge in [-0.05, 0) is 53.1 Å². The number of benzene rings is 4. The summed E-state index contributed by atoms with van der Waals surface area (Å²) in [4.78, 5) is 12.7. The molecule has 0 saturated heterocycles. The van der Waals surface area contributed by atoms with Crippen LogP contribution in [-0.4, -0.2) is 20.0 Å². The molecule has 0 aromatic heterocycles. The molecule has 0 aliphatic rings.